The number of hydrogen-bond donors (Lipinski definition) is 3. The van der Waals surface area contributed by atoms with Crippen LogP contribution in [0.3, 0.4) is 0 Å². The van der Waals surface area contributed by atoms with Gasteiger partial charge in [0.05, 0.1) is 24.5 Å². The molecule has 6 nitrogen and oxygen atoms in total. The van der Waals surface area contributed by atoms with E-state index in [0.717, 1.165) is 32.1 Å². The van der Waals surface area contributed by atoms with Gasteiger partial charge >= 0.3 is 5.97 Å². The average molecular weight is 272 g/mol. The van der Waals surface area contributed by atoms with Gasteiger partial charge in [0.1, 0.15) is 0 Å². The number of carbonyl (C=O) groups is 2. The minimum Gasteiger partial charge on any atom is -0.481 e. The number of nitrogens with one attached hydrogen (secondary N) is 1. The highest BCUT2D eigenvalue weighted by atomic mass is 16.5. The standard InChI is InChI=1S/C13H24N2O4/c1-19-10(9-14)7-11(16)15-13(8-12(17)18)5-3-2-4-6-13/h10H,2-9,14H2,1H3,(H,15,16)(H,17,18). The second-order valence-corrected chi connectivity index (χ2v) is 5.26. The molecular weight excluding hydrogens is 248 g/mol. The van der Waals surface area contributed by atoms with Crippen molar-refractivity contribution in [3.05, 3.63) is 0 Å². The van der Waals surface area contributed by atoms with Crippen molar-refractivity contribution in [2.24, 2.45) is 5.73 Å². The lowest BCUT2D eigenvalue weighted by molar-refractivity contribution is -0.139. The van der Waals surface area contributed by atoms with Crippen LogP contribution in [0.25, 0.3) is 0 Å². The number of carboxylic acids is 1. The fraction of sp³-hybridized carbons (Fsp3) is 0.846. The van der Waals surface area contributed by atoms with Crippen LogP contribution in [0.1, 0.15) is 44.9 Å². The van der Waals surface area contributed by atoms with E-state index in [0.29, 0.717) is 0 Å². The summed E-state index contributed by atoms with van der Waals surface area (Å²) in [5, 5.41) is 11.9. The fourth-order valence-corrected chi connectivity index (χ4v) is 2.68. The summed E-state index contributed by atoms with van der Waals surface area (Å²) in [7, 11) is 1.51. The molecule has 1 unspecified atom stereocenters. The van der Waals surface area contributed by atoms with E-state index in [9.17, 15) is 9.59 Å². The van der Waals surface area contributed by atoms with Gasteiger partial charge in [-0.15, -0.1) is 0 Å². The molecule has 1 saturated carbocycles. The normalized spacial score (nSPS) is 19.7. The van der Waals surface area contributed by atoms with Gasteiger partial charge in [-0.3, -0.25) is 9.59 Å². The Bertz CT molecular complexity index is 310. The molecule has 1 aliphatic carbocycles. The third kappa shape index (κ3) is 5.16. The van der Waals surface area contributed by atoms with Gasteiger partial charge in [0.2, 0.25) is 5.91 Å². The first-order valence-corrected chi connectivity index (χ1v) is 6.77. The van der Waals surface area contributed by atoms with Gasteiger partial charge in [0.15, 0.2) is 0 Å². The van der Waals surface area contributed by atoms with Crippen LogP contribution >= 0.6 is 0 Å². The lowest BCUT2D eigenvalue weighted by atomic mass is 9.79. The maximum atomic E-state index is 12.0. The van der Waals surface area contributed by atoms with Gasteiger partial charge in [-0.25, -0.2) is 0 Å². The monoisotopic (exact) mass is 272 g/mol. The number of hydrogen-bond acceptors (Lipinski definition) is 4. The molecule has 1 rings (SSSR count). The molecule has 0 spiro atoms. The molecule has 0 aliphatic heterocycles. The predicted octanol–water partition coefficient (Wildman–Crippen LogP) is 0.644. The van der Waals surface area contributed by atoms with Crippen molar-refractivity contribution in [1.82, 2.24) is 5.32 Å². The Morgan fingerprint density at radius 2 is 2.00 bits per heavy atom. The van der Waals surface area contributed by atoms with Crippen LogP contribution in [-0.2, 0) is 14.3 Å². The molecule has 0 aromatic carbocycles. The minimum absolute atomic E-state index is 0.0149. The summed E-state index contributed by atoms with van der Waals surface area (Å²) >= 11 is 0. The zero-order valence-corrected chi connectivity index (χ0v) is 11.5. The Hall–Kier alpha value is -1.14. The fourth-order valence-electron chi connectivity index (χ4n) is 2.68. The van der Waals surface area contributed by atoms with Crippen molar-refractivity contribution in [3.8, 4) is 0 Å². The van der Waals surface area contributed by atoms with Gasteiger partial charge < -0.3 is 20.9 Å². The van der Waals surface area contributed by atoms with E-state index >= 15 is 0 Å². The molecular formula is C13H24N2O4. The molecule has 1 fully saturated rings. The van der Waals surface area contributed by atoms with E-state index in [-0.39, 0.29) is 31.4 Å². The minimum atomic E-state index is -0.871. The number of amides is 1. The average Bonchev–Trinajstić information content (AvgIpc) is 2.35. The molecule has 1 aliphatic rings. The molecule has 0 saturated heterocycles. The van der Waals surface area contributed by atoms with Crippen molar-refractivity contribution in [2.45, 2.75) is 56.6 Å². The van der Waals surface area contributed by atoms with Crippen LogP contribution in [0.5, 0.6) is 0 Å². The van der Waals surface area contributed by atoms with Gasteiger partial charge in [-0.05, 0) is 12.8 Å². The Morgan fingerprint density at radius 1 is 1.37 bits per heavy atom. The first-order chi connectivity index (χ1) is 9.01. The van der Waals surface area contributed by atoms with Crippen LogP contribution in [0.4, 0.5) is 0 Å². The van der Waals surface area contributed by atoms with E-state index in [1.54, 1.807) is 0 Å². The number of aliphatic carboxylic acids is 1. The number of carboxylic acid groups (broad SMARTS) is 1. The molecule has 19 heavy (non-hydrogen) atoms. The number of ether oxygens (including phenoxy) is 1. The van der Waals surface area contributed by atoms with E-state index in [2.05, 4.69) is 5.32 Å². The molecule has 0 heterocycles. The molecule has 1 amide bonds. The summed E-state index contributed by atoms with van der Waals surface area (Å²) < 4.78 is 5.07. The lowest BCUT2D eigenvalue weighted by Crippen LogP contribution is -2.52. The van der Waals surface area contributed by atoms with Crippen molar-refractivity contribution in [3.63, 3.8) is 0 Å². The summed E-state index contributed by atoms with van der Waals surface area (Å²) in [6.07, 6.45) is 4.31. The van der Waals surface area contributed by atoms with Crippen molar-refractivity contribution in [1.29, 1.82) is 0 Å². The molecule has 0 radical (unpaired) electrons. The topological polar surface area (TPSA) is 102 Å². The highest BCUT2D eigenvalue weighted by molar-refractivity contribution is 5.78. The van der Waals surface area contributed by atoms with Gasteiger partial charge in [0, 0.05) is 13.7 Å². The molecule has 0 bridgehead atoms. The van der Waals surface area contributed by atoms with E-state index < -0.39 is 11.5 Å². The summed E-state index contributed by atoms with van der Waals surface area (Å²) in [4.78, 5) is 23.0. The second-order valence-electron chi connectivity index (χ2n) is 5.26. The van der Waals surface area contributed by atoms with Crippen LogP contribution in [0.2, 0.25) is 0 Å². The summed E-state index contributed by atoms with van der Waals surface area (Å²) in [5.41, 5.74) is 4.89. The molecule has 1 atom stereocenters. The third-order valence-electron chi connectivity index (χ3n) is 3.71. The highest BCUT2D eigenvalue weighted by Gasteiger charge is 2.36. The summed E-state index contributed by atoms with van der Waals surface area (Å²) in [6.45, 7) is 0.274. The first-order valence-electron chi connectivity index (χ1n) is 6.77. The molecule has 110 valence electrons. The number of rotatable bonds is 7. The number of carbonyl (C=O) groups excluding carboxylic acids is 1. The van der Waals surface area contributed by atoms with E-state index in [1.807, 2.05) is 0 Å². The Morgan fingerprint density at radius 3 is 2.47 bits per heavy atom. The number of nitrogens with two attached hydrogens (primary N) is 1. The molecule has 4 N–H and O–H groups in total. The molecule has 0 aromatic heterocycles. The van der Waals surface area contributed by atoms with E-state index in [4.69, 9.17) is 15.6 Å². The van der Waals surface area contributed by atoms with Gasteiger partial charge in [0.25, 0.3) is 0 Å². The maximum absolute atomic E-state index is 12.0. The lowest BCUT2D eigenvalue weighted by Gasteiger charge is -2.37. The van der Waals surface area contributed by atoms with Gasteiger partial charge in [-0.1, -0.05) is 19.3 Å². The van der Waals surface area contributed by atoms with Crippen LogP contribution < -0.4 is 11.1 Å². The van der Waals surface area contributed by atoms with Crippen molar-refractivity contribution < 1.29 is 19.4 Å². The molecule has 6 heteroatoms. The summed E-state index contributed by atoms with van der Waals surface area (Å²) in [5.74, 6) is -1.05. The predicted molar refractivity (Wildman–Crippen MR) is 70.7 cm³/mol. The largest absolute Gasteiger partial charge is 0.481 e. The van der Waals surface area contributed by atoms with Crippen molar-refractivity contribution in [2.75, 3.05) is 13.7 Å². The van der Waals surface area contributed by atoms with Gasteiger partial charge in [-0.2, -0.15) is 0 Å². The van der Waals surface area contributed by atoms with E-state index in [1.165, 1.54) is 7.11 Å². The smallest absolute Gasteiger partial charge is 0.305 e. The Balaban J connectivity index is 2.61. The Labute approximate surface area is 113 Å². The maximum Gasteiger partial charge on any atom is 0.305 e. The SMILES string of the molecule is COC(CN)CC(=O)NC1(CC(=O)O)CCCCC1. The zero-order chi connectivity index (χ0) is 14.3. The third-order valence-corrected chi connectivity index (χ3v) is 3.71. The zero-order valence-electron chi connectivity index (χ0n) is 11.5. The van der Waals surface area contributed by atoms with Crippen LogP contribution in [0, 0.1) is 0 Å². The van der Waals surface area contributed by atoms with Crippen LogP contribution in [0.15, 0.2) is 0 Å². The number of methoxy groups -OCH3 is 1. The summed E-state index contributed by atoms with van der Waals surface area (Å²) in [6, 6.07) is 0. The second kappa shape index (κ2) is 7.45. The Kier molecular flexibility index (Phi) is 6.24. The van der Waals surface area contributed by atoms with Crippen molar-refractivity contribution >= 4 is 11.9 Å². The highest BCUT2D eigenvalue weighted by Crippen LogP contribution is 2.31. The first kappa shape index (κ1) is 15.9. The quantitative estimate of drug-likeness (QED) is 0.631. The molecule has 0 aromatic rings. The van der Waals surface area contributed by atoms with Crippen LogP contribution in [-0.4, -0.2) is 42.3 Å².